The van der Waals surface area contributed by atoms with E-state index in [1.165, 1.54) is 45.1 Å². The van der Waals surface area contributed by atoms with E-state index in [9.17, 15) is 0 Å². The molecule has 0 radical (unpaired) electrons. The van der Waals surface area contributed by atoms with Crippen molar-refractivity contribution < 1.29 is 0 Å². The summed E-state index contributed by atoms with van der Waals surface area (Å²) >= 11 is 0. The highest BCUT2D eigenvalue weighted by molar-refractivity contribution is 4.81. The molecule has 18 heavy (non-hydrogen) atoms. The largest absolute Gasteiger partial charge is 0.304 e. The lowest BCUT2D eigenvalue weighted by molar-refractivity contribution is 0.185. The number of rotatable bonds is 8. The van der Waals surface area contributed by atoms with Crippen LogP contribution in [0, 0.1) is 11.8 Å². The summed E-state index contributed by atoms with van der Waals surface area (Å²) in [6, 6.07) is 0.514. The van der Waals surface area contributed by atoms with Crippen molar-refractivity contribution in [2.24, 2.45) is 17.7 Å². The van der Waals surface area contributed by atoms with Gasteiger partial charge in [0.15, 0.2) is 0 Å². The third-order valence-corrected chi connectivity index (χ3v) is 4.83. The van der Waals surface area contributed by atoms with Crippen molar-refractivity contribution >= 4 is 0 Å². The summed E-state index contributed by atoms with van der Waals surface area (Å²) < 4.78 is 0. The van der Waals surface area contributed by atoms with Crippen molar-refractivity contribution in [2.75, 3.05) is 19.6 Å². The molecule has 3 unspecified atom stereocenters. The van der Waals surface area contributed by atoms with Crippen LogP contribution in [0.3, 0.4) is 0 Å². The normalized spacial score (nSPS) is 26.5. The lowest BCUT2D eigenvalue weighted by Crippen LogP contribution is -2.44. The maximum atomic E-state index is 5.79. The third kappa shape index (κ3) is 4.87. The van der Waals surface area contributed by atoms with Crippen LogP contribution in [0.25, 0.3) is 0 Å². The number of nitrogens with zero attached hydrogens (tertiary/aromatic N) is 1. The molecule has 1 saturated carbocycles. The molecule has 108 valence electrons. The number of hydrogen-bond donors (Lipinski definition) is 2. The Labute approximate surface area is 113 Å². The molecule has 0 bridgehead atoms. The van der Waals surface area contributed by atoms with E-state index in [1.54, 1.807) is 0 Å². The third-order valence-electron chi connectivity index (χ3n) is 4.83. The topological polar surface area (TPSA) is 41.3 Å². The zero-order valence-corrected chi connectivity index (χ0v) is 12.6. The smallest absolute Gasteiger partial charge is 0.0251 e. The molecule has 3 atom stereocenters. The lowest BCUT2D eigenvalue weighted by Gasteiger charge is -2.35. The Morgan fingerprint density at radius 3 is 2.50 bits per heavy atom. The van der Waals surface area contributed by atoms with Crippen molar-refractivity contribution in [3.05, 3.63) is 0 Å². The van der Waals surface area contributed by atoms with Crippen molar-refractivity contribution in [1.82, 2.24) is 10.3 Å². The maximum absolute atomic E-state index is 5.79. The van der Waals surface area contributed by atoms with Gasteiger partial charge in [-0.3, -0.25) is 11.3 Å². The van der Waals surface area contributed by atoms with Crippen molar-refractivity contribution in [1.29, 1.82) is 0 Å². The molecule has 1 aliphatic carbocycles. The molecule has 1 fully saturated rings. The molecule has 0 heterocycles. The van der Waals surface area contributed by atoms with Gasteiger partial charge < -0.3 is 4.90 Å². The second kappa shape index (κ2) is 8.89. The van der Waals surface area contributed by atoms with E-state index in [4.69, 9.17) is 5.84 Å². The highest BCUT2D eigenvalue weighted by Crippen LogP contribution is 2.33. The fourth-order valence-corrected chi connectivity index (χ4v) is 3.39. The Bertz CT molecular complexity index is 204. The molecule has 0 aromatic carbocycles. The second-order valence-electron chi connectivity index (χ2n) is 5.79. The first-order valence-corrected chi connectivity index (χ1v) is 7.93. The maximum Gasteiger partial charge on any atom is 0.0251 e. The van der Waals surface area contributed by atoms with Gasteiger partial charge in [0.2, 0.25) is 0 Å². The molecule has 0 saturated heterocycles. The van der Waals surface area contributed by atoms with Crippen molar-refractivity contribution in [3.8, 4) is 0 Å². The zero-order valence-electron chi connectivity index (χ0n) is 12.6. The van der Waals surface area contributed by atoms with Crippen molar-refractivity contribution in [3.63, 3.8) is 0 Å². The predicted octanol–water partition coefficient (Wildman–Crippen LogP) is 2.77. The van der Waals surface area contributed by atoms with E-state index in [0.29, 0.717) is 6.04 Å². The molecular formula is C15H33N3. The summed E-state index contributed by atoms with van der Waals surface area (Å²) in [4.78, 5) is 2.49. The Balaban J connectivity index is 2.39. The molecule has 3 nitrogen and oxygen atoms in total. The minimum absolute atomic E-state index is 0.514. The molecule has 3 N–H and O–H groups in total. The molecule has 0 aromatic rings. The van der Waals surface area contributed by atoms with Gasteiger partial charge in [0.05, 0.1) is 0 Å². The van der Waals surface area contributed by atoms with E-state index in [1.807, 2.05) is 0 Å². The van der Waals surface area contributed by atoms with Crippen LogP contribution in [0.2, 0.25) is 0 Å². The van der Waals surface area contributed by atoms with Crippen LogP contribution in [0.5, 0.6) is 0 Å². The van der Waals surface area contributed by atoms with Gasteiger partial charge >= 0.3 is 0 Å². The molecule has 0 amide bonds. The Hall–Kier alpha value is -0.120. The molecule has 3 heteroatoms. The van der Waals surface area contributed by atoms with Gasteiger partial charge in [-0.1, -0.05) is 40.0 Å². The van der Waals surface area contributed by atoms with Crippen LogP contribution < -0.4 is 11.3 Å². The minimum atomic E-state index is 0.514. The van der Waals surface area contributed by atoms with Crippen LogP contribution in [0.4, 0.5) is 0 Å². The Morgan fingerprint density at radius 1 is 1.22 bits per heavy atom. The van der Waals surface area contributed by atoms with E-state index in [2.05, 4.69) is 31.1 Å². The minimum Gasteiger partial charge on any atom is -0.304 e. The number of nitrogens with two attached hydrogens (primary N) is 1. The summed E-state index contributed by atoms with van der Waals surface area (Å²) in [5.74, 6) is 7.52. The molecule has 1 rings (SSSR count). The summed E-state index contributed by atoms with van der Waals surface area (Å²) in [6.07, 6.45) is 8.10. The number of nitrogens with one attached hydrogen (secondary N) is 1. The Morgan fingerprint density at radius 2 is 1.94 bits per heavy atom. The fourth-order valence-electron chi connectivity index (χ4n) is 3.39. The van der Waals surface area contributed by atoms with Crippen molar-refractivity contribution in [2.45, 2.75) is 65.3 Å². The summed E-state index contributed by atoms with van der Waals surface area (Å²) in [5, 5.41) is 0. The number of hydrazine groups is 1. The van der Waals surface area contributed by atoms with Crippen LogP contribution in [-0.4, -0.2) is 30.6 Å². The summed E-state index contributed by atoms with van der Waals surface area (Å²) in [6.45, 7) is 10.3. The van der Waals surface area contributed by atoms with Crippen LogP contribution in [0.1, 0.15) is 59.3 Å². The summed E-state index contributed by atoms with van der Waals surface area (Å²) in [7, 11) is 0. The average molecular weight is 255 g/mol. The SMILES string of the molecule is CCC1CCCC(C(CCN(CC)CC)NN)C1. The molecular weight excluding hydrogens is 222 g/mol. The fraction of sp³-hybridized carbons (Fsp3) is 1.00. The first-order chi connectivity index (χ1) is 8.74. The second-order valence-corrected chi connectivity index (χ2v) is 5.79. The Kier molecular flexibility index (Phi) is 7.87. The van der Waals surface area contributed by atoms with Gasteiger partial charge in [0.1, 0.15) is 0 Å². The van der Waals surface area contributed by atoms with E-state index >= 15 is 0 Å². The lowest BCUT2D eigenvalue weighted by atomic mass is 9.76. The first kappa shape index (κ1) is 15.9. The zero-order chi connectivity index (χ0) is 13.4. The van der Waals surface area contributed by atoms with Gasteiger partial charge in [0, 0.05) is 6.04 Å². The van der Waals surface area contributed by atoms with Crippen LogP contribution in [0.15, 0.2) is 0 Å². The molecule has 0 aromatic heterocycles. The molecule has 1 aliphatic rings. The highest BCUT2D eigenvalue weighted by Gasteiger charge is 2.27. The molecule has 0 spiro atoms. The van der Waals surface area contributed by atoms with Gasteiger partial charge in [-0.2, -0.15) is 0 Å². The highest BCUT2D eigenvalue weighted by atomic mass is 15.2. The van der Waals surface area contributed by atoms with E-state index in [0.717, 1.165) is 24.9 Å². The predicted molar refractivity (Wildman–Crippen MR) is 79.3 cm³/mol. The van der Waals surface area contributed by atoms with Gasteiger partial charge in [-0.05, 0) is 50.7 Å². The van der Waals surface area contributed by atoms with Gasteiger partial charge in [-0.15, -0.1) is 0 Å². The number of hydrogen-bond acceptors (Lipinski definition) is 3. The quantitative estimate of drug-likeness (QED) is 0.517. The average Bonchev–Trinajstić information content (AvgIpc) is 2.44. The van der Waals surface area contributed by atoms with E-state index < -0.39 is 0 Å². The van der Waals surface area contributed by atoms with Gasteiger partial charge in [-0.25, -0.2) is 0 Å². The van der Waals surface area contributed by atoms with Crippen LogP contribution in [-0.2, 0) is 0 Å². The first-order valence-electron chi connectivity index (χ1n) is 7.93. The molecule has 0 aliphatic heterocycles. The summed E-state index contributed by atoms with van der Waals surface area (Å²) in [5.41, 5.74) is 3.09. The van der Waals surface area contributed by atoms with Gasteiger partial charge in [0.25, 0.3) is 0 Å². The van der Waals surface area contributed by atoms with E-state index in [-0.39, 0.29) is 0 Å². The monoisotopic (exact) mass is 255 g/mol. The standard InChI is InChI=1S/C15H33N3/c1-4-13-8-7-9-14(12-13)15(17-16)10-11-18(5-2)6-3/h13-15,17H,4-12,16H2,1-3H3. The van der Waals surface area contributed by atoms with Crippen LogP contribution >= 0.6 is 0 Å².